The molecule has 3 amide bonds. The van der Waals surface area contributed by atoms with E-state index in [0.29, 0.717) is 17.8 Å². The minimum Gasteiger partial charge on any atom is -0.326 e. The lowest BCUT2D eigenvalue weighted by Gasteiger charge is -2.16. The van der Waals surface area contributed by atoms with Gasteiger partial charge in [0.1, 0.15) is 0 Å². The molecule has 1 aliphatic rings. The van der Waals surface area contributed by atoms with Gasteiger partial charge in [0.15, 0.2) is 0 Å². The van der Waals surface area contributed by atoms with Crippen LogP contribution in [-0.2, 0) is 9.59 Å². The summed E-state index contributed by atoms with van der Waals surface area (Å²) in [4.78, 5) is 39.4. The van der Waals surface area contributed by atoms with E-state index in [9.17, 15) is 14.4 Å². The van der Waals surface area contributed by atoms with E-state index in [1.165, 1.54) is 0 Å². The highest BCUT2D eigenvalue weighted by atomic mass is 16.2. The fourth-order valence-electron chi connectivity index (χ4n) is 3.73. The van der Waals surface area contributed by atoms with Crippen LogP contribution in [0.2, 0.25) is 0 Å². The fraction of sp³-hybridized carbons (Fsp3) is 0.208. The number of anilines is 2. The van der Waals surface area contributed by atoms with Crippen LogP contribution in [0.5, 0.6) is 0 Å². The van der Waals surface area contributed by atoms with Gasteiger partial charge in [0, 0.05) is 41.3 Å². The number of benzene rings is 2. The Balaban J connectivity index is 1.42. The maximum Gasteiger partial charge on any atom is 0.270 e. The second-order valence-electron chi connectivity index (χ2n) is 7.70. The van der Waals surface area contributed by atoms with Crippen molar-refractivity contribution in [1.29, 1.82) is 0 Å². The lowest BCUT2D eigenvalue weighted by Crippen LogP contribution is -2.28. The van der Waals surface area contributed by atoms with Crippen molar-refractivity contribution in [1.82, 2.24) is 4.68 Å². The number of nitrogens with zero attached hydrogens (tertiary/aromatic N) is 2. The Morgan fingerprint density at radius 1 is 0.935 bits per heavy atom. The van der Waals surface area contributed by atoms with E-state index in [4.69, 9.17) is 0 Å². The number of hydrogen-bond acceptors (Lipinski definition) is 3. The van der Waals surface area contributed by atoms with Crippen LogP contribution in [0.1, 0.15) is 28.2 Å². The Kier molecular flexibility index (Phi) is 5.58. The highest BCUT2D eigenvalue weighted by Crippen LogP contribution is 2.26. The normalized spacial score (nSPS) is 15.7. The smallest absolute Gasteiger partial charge is 0.270 e. The average molecular weight is 416 g/mol. The van der Waals surface area contributed by atoms with E-state index >= 15 is 0 Å². The topological polar surface area (TPSA) is 83.4 Å². The Bertz CT molecular complexity index is 1120. The molecule has 0 bridgehead atoms. The van der Waals surface area contributed by atoms with Crippen molar-refractivity contribution in [3.63, 3.8) is 0 Å². The third-order valence-electron chi connectivity index (χ3n) is 5.44. The van der Waals surface area contributed by atoms with Crippen LogP contribution >= 0.6 is 0 Å². The Hall–Kier alpha value is -3.87. The lowest BCUT2D eigenvalue weighted by molar-refractivity contribution is -0.122. The van der Waals surface area contributed by atoms with Gasteiger partial charge in [0.25, 0.3) is 5.91 Å². The Morgan fingerprint density at radius 3 is 2.35 bits per heavy atom. The molecule has 3 aromatic rings. The number of aromatic nitrogens is 1. The zero-order chi connectivity index (χ0) is 22.0. The van der Waals surface area contributed by atoms with Gasteiger partial charge in [0.05, 0.1) is 5.92 Å². The van der Waals surface area contributed by atoms with Gasteiger partial charge in [-0.15, -0.1) is 0 Å². The predicted octanol–water partition coefficient (Wildman–Crippen LogP) is 3.48. The number of nitrogens with one attached hydrogen (secondary N) is 2. The summed E-state index contributed by atoms with van der Waals surface area (Å²) in [6.07, 6.45) is 0.160. The second kappa shape index (κ2) is 8.47. The summed E-state index contributed by atoms with van der Waals surface area (Å²) < 4.78 is 1.72. The molecule has 2 aromatic carbocycles. The third kappa shape index (κ3) is 4.35. The monoisotopic (exact) mass is 416 g/mol. The first-order valence-corrected chi connectivity index (χ1v) is 10.1. The maximum atomic E-state index is 12.8. The number of para-hydroxylation sites is 1. The maximum absolute atomic E-state index is 12.8. The zero-order valence-electron chi connectivity index (χ0n) is 17.5. The number of aryl methyl sites for hydroxylation is 2. The highest BCUT2D eigenvalue weighted by Gasteiger charge is 2.35. The van der Waals surface area contributed by atoms with Crippen molar-refractivity contribution >= 4 is 29.1 Å². The summed E-state index contributed by atoms with van der Waals surface area (Å²) in [5, 5.41) is 2.85. The molecule has 1 fully saturated rings. The number of carbonyl (C=O) groups excluding carboxylic acids is 3. The van der Waals surface area contributed by atoms with Crippen LogP contribution in [0.4, 0.5) is 11.4 Å². The van der Waals surface area contributed by atoms with E-state index in [1.807, 2.05) is 56.3 Å². The minimum absolute atomic E-state index is 0.0723. The molecule has 158 valence electrons. The molecule has 4 rings (SSSR count). The molecular formula is C24H24N4O3. The highest BCUT2D eigenvalue weighted by molar-refractivity contribution is 6.04. The summed E-state index contributed by atoms with van der Waals surface area (Å²) >= 11 is 0. The van der Waals surface area contributed by atoms with Crippen LogP contribution < -0.4 is 15.6 Å². The molecule has 1 aliphatic heterocycles. The van der Waals surface area contributed by atoms with Crippen molar-refractivity contribution in [2.75, 3.05) is 22.2 Å². The van der Waals surface area contributed by atoms with Crippen LogP contribution in [0.3, 0.4) is 0 Å². The molecule has 7 nitrogen and oxygen atoms in total. The predicted molar refractivity (Wildman–Crippen MR) is 120 cm³/mol. The van der Waals surface area contributed by atoms with E-state index in [2.05, 4.69) is 10.7 Å². The quantitative estimate of drug-likeness (QED) is 0.668. The SMILES string of the molecule is Cc1ccc(C)n1NC(=O)c1cccc(NC(=O)[C@@H]2CC(=O)N(c3ccccc3)C2)c1. The lowest BCUT2D eigenvalue weighted by atomic mass is 10.1. The molecule has 7 heteroatoms. The molecule has 2 heterocycles. The standard InChI is InChI=1S/C24H24N4O3/c1-16-11-12-17(2)28(16)26-24(31)18-7-6-8-20(13-18)25-23(30)19-14-22(29)27(15-19)21-9-4-3-5-10-21/h3-13,19H,14-15H2,1-2H3,(H,25,30)(H,26,31)/t19-/m1/s1. The van der Waals surface area contributed by atoms with Crippen molar-refractivity contribution in [2.45, 2.75) is 20.3 Å². The number of carbonyl (C=O) groups is 3. The fourth-order valence-corrected chi connectivity index (χ4v) is 3.73. The summed E-state index contributed by atoms with van der Waals surface area (Å²) in [6.45, 7) is 4.15. The van der Waals surface area contributed by atoms with E-state index < -0.39 is 5.92 Å². The average Bonchev–Trinajstić information content (AvgIpc) is 3.32. The first-order chi connectivity index (χ1) is 14.9. The van der Waals surface area contributed by atoms with Crippen LogP contribution in [0.25, 0.3) is 0 Å². The van der Waals surface area contributed by atoms with Gasteiger partial charge < -0.3 is 10.2 Å². The first kappa shape index (κ1) is 20.4. The molecule has 0 saturated carbocycles. The van der Waals surface area contributed by atoms with Gasteiger partial charge in [-0.05, 0) is 56.3 Å². The van der Waals surface area contributed by atoms with Gasteiger partial charge >= 0.3 is 0 Å². The molecule has 1 aromatic heterocycles. The number of rotatable bonds is 5. The zero-order valence-corrected chi connectivity index (χ0v) is 17.5. The van der Waals surface area contributed by atoms with Gasteiger partial charge in [-0.2, -0.15) is 0 Å². The Morgan fingerprint density at radius 2 is 1.65 bits per heavy atom. The van der Waals surface area contributed by atoms with Gasteiger partial charge in [0.2, 0.25) is 11.8 Å². The summed E-state index contributed by atoms with van der Waals surface area (Å²) in [7, 11) is 0. The van der Waals surface area contributed by atoms with E-state index in [1.54, 1.807) is 33.8 Å². The van der Waals surface area contributed by atoms with Gasteiger partial charge in [-0.25, -0.2) is 0 Å². The van der Waals surface area contributed by atoms with Gasteiger partial charge in [-0.3, -0.25) is 24.5 Å². The van der Waals surface area contributed by atoms with Gasteiger partial charge in [-0.1, -0.05) is 24.3 Å². The molecule has 1 atom stereocenters. The number of hydrogen-bond donors (Lipinski definition) is 2. The second-order valence-corrected chi connectivity index (χ2v) is 7.70. The van der Waals surface area contributed by atoms with Crippen molar-refractivity contribution in [3.05, 3.63) is 83.7 Å². The van der Waals surface area contributed by atoms with E-state index in [0.717, 1.165) is 17.1 Å². The molecular weight excluding hydrogens is 392 g/mol. The molecule has 1 saturated heterocycles. The molecule has 31 heavy (non-hydrogen) atoms. The van der Waals surface area contributed by atoms with Crippen LogP contribution in [0, 0.1) is 19.8 Å². The molecule has 0 aliphatic carbocycles. The van der Waals surface area contributed by atoms with Crippen molar-refractivity contribution < 1.29 is 14.4 Å². The van der Waals surface area contributed by atoms with Crippen LogP contribution in [0.15, 0.2) is 66.7 Å². The van der Waals surface area contributed by atoms with Crippen LogP contribution in [-0.4, -0.2) is 28.9 Å². The molecule has 0 radical (unpaired) electrons. The summed E-state index contributed by atoms with van der Waals surface area (Å²) in [5.41, 5.74) is 6.43. The molecule has 0 spiro atoms. The van der Waals surface area contributed by atoms with E-state index in [-0.39, 0.29) is 24.1 Å². The van der Waals surface area contributed by atoms with Crippen molar-refractivity contribution in [3.8, 4) is 0 Å². The largest absolute Gasteiger partial charge is 0.326 e. The molecule has 0 unspecified atom stereocenters. The first-order valence-electron chi connectivity index (χ1n) is 10.1. The third-order valence-corrected chi connectivity index (χ3v) is 5.44. The molecule has 2 N–H and O–H groups in total. The summed E-state index contributed by atoms with van der Waals surface area (Å²) in [5.74, 6) is -1.03. The number of amides is 3. The van der Waals surface area contributed by atoms with Crippen molar-refractivity contribution in [2.24, 2.45) is 5.92 Å². The summed E-state index contributed by atoms with van der Waals surface area (Å²) in [6, 6.07) is 19.9. The Labute approximate surface area is 180 Å². The minimum atomic E-state index is -0.449.